The number of fused-ring (bicyclic) bond motifs is 1. The molecule has 1 aliphatic heterocycles. The van der Waals surface area contributed by atoms with Gasteiger partial charge in [0.2, 0.25) is 0 Å². The number of benzene rings is 1. The summed E-state index contributed by atoms with van der Waals surface area (Å²) in [5.74, 6) is -1.04. The Kier molecular flexibility index (Phi) is 3.74. The third kappa shape index (κ3) is 2.57. The summed E-state index contributed by atoms with van der Waals surface area (Å²) < 4.78 is 13.4. The summed E-state index contributed by atoms with van der Waals surface area (Å²) in [5, 5.41) is 8.98. The summed E-state index contributed by atoms with van der Waals surface area (Å²) in [7, 11) is 0. The van der Waals surface area contributed by atoms with E-state index in [9.17, 15) is 9.18 Å². The van der Waals surface area contributed by atoms with E-state index in [4.69, 9.17) is 5.11 Å². The first-order chi connectivity index (χ1) is 9.65. The maximum Gasteiger partial charge on any atom is 0.338 e. The monoisotopic (exact) mass is 277 g/mol. The molecular weight excluding hydrogens is 257 g/mol. The van der Waals surface area contributed by atoms with E-state index >= 15 is 0 Å². The number of hydrogen-bond donors (Lipinski definition) is 1. The normalized spacial score (nSPS) is 26.4. The van der Waals surface area contributed by atoms with Gasteiger partial charge in [0.05, 0.1) is 5.56 Å². The highest BCUT2D eigenvalue weighted by atomic mass is 19.1. The summed E-state index contributed by atoms with van der Waals surface area (Å²) in [6.07, 6.45) is 6.45. The largest absolute Gasteiger partial charge is 0.478 e. The lowest BCUT2D eigenvalue weighted by molar-refractivity contribution is 0.0691. The van der Waals surface area contributed by atoms with Crippen LogP contribution in [-0.2, 0) is 6.54 Å². The first-order valence-electron chi connectivity index (χ1n) is 7.41. The topological polar surface area (TPSA) is 40.5 Å². The highest BCUT2D eigenvalue weighted by molar-refractivity contribution is 5.88. The molecule has 0 aromatic heterocycles. The highest BCUT2D eigenvalue weighted by Gasteiger charge is 2.35. The molecule has 3 rings (SSSR count). The van der Waals surface area contributed by atoms with Crippen LogP contribution in [0.25, 0.3) is 0 Å². The third-order valence-electron chi connectivity index (χ3n) is 4.77. The molecule has 1 aromatic rings. The molecule has 0 spiro atoms. The minimum Gasteiger partial charge on any atom is -0.478 e. The van der Waals surface area contributed by atoms with Crippen LogP contribution in [0, 0.1) is 11.7 Å². The number of hydrogen-bond acceptors (Lipinski definition) is 2. The van der Waals surface area contributed by atoms with Crippen molar-refractivity contribution >= 4 is 5.97 Å². The van der Waals surface area contributed by atoms with Crippen molar-refractivity contribution in [3.8, 4) is 0 Å². The van der Waals surface area contributed by atoms with Gasteiger partial charge in [-0.3, -0.25) is 4.90 Å². The Morgan fingerprint density at radius 2 is 2.10 bits per heavy atom. The zero-order valence-electron chi connectivity index (χ0n) is 11.5. The Morgan fingerprint density at radius 1 is 1.30 bits per heavy atom. The average molecular weight is 277 g/mol. The molecular formula is C16H20FNO2. The number of carbonyl (C=O) groups is 1. The maximum atomic E-state index is 13.4. The number of rotatable bonds is 3. The van der Waals surface area contributed by atoms with Gasteiger partial charge in [-0.2, -0.15) is 0 Å². The number of carboxylic acid groups (broad SMARTS) is 1. The molecule has 1 aliphatic carbocycles. The van der Waals surface area contributed by atoms with E-state index in [1.165, 1.54) is 44.2 Å². The molecule has 0 bridgehead atoms. The Hall–Kier alpha value is -1.42. The van der Waals surface area contributed by atoms with Gasteiger partial charge in [-0.25, -0.2) is 9.18 Å². The number of carboxylic acids is 1. The Bertz CT molecular complexity index is 517. The third-order valence-corrected chi connectivity index (χ3v) is 4.77. The van der Waals surface area contributed by atoms with Gasteiger partial charge in [0.25, 0.3) is 0 Å². The molecule has 20 heavy (non-hydrogen) atoms. The second-order valence-electron chi connectivity index (χ2n) is 5.99. The average Bonchev–Trinajstić information content (AvgIpc) is 2.84. The van der Waals surface area contributed by atoms with Crippen molar-refractivity contribution in [3.63, 3.8) is 0 Å². The molecule has 4 heteroatoms. The number of halogens is 1. The molecule has 3 nitrogen and oxygen atoms in total. The van der Waals surface area contributed by atoms with Crippen molar-refractivity contribution < 1.29 is 14.3 Å². The van der Waals surface area contributed by atoms with E-state index in [2.05, 4.69) is 4.90 Å². The lowest BCUT2D eigenvalue weighted by atomic mass is 9.85. The lowest BCUT2D eigenvalue weighted by Gasteiger charge is -2.31. The van der Waals surface area contributed by atoms with Gasteiger partial charge < -0.3 is 5.11 Å². The van der Waals surface area contributed by atoms with Crippen LogP contribution in [0.1, 0.15) is 48.0 Å². The van der Waals surface area contributed by atoms with Gasteiger partial charge in [0, 0.05) is 12.6 Å². The van der Waals surface area contributed by atoms with Gasteiger partial charge in [0.1, 0.15) is 5.82 Å². The summed E-state index contributed by atoms with van der Waals surface area (Å²) >= 11 is 0. The fourth-order valence-electron chi connectivity index (χ4n) is 3.77. The van der Waals surface area contributed by atoms with Crippen molar-refractivity contribution in [1.82, 2.24) is 4.90 Å². The Balaban J connectivity index is 1.74. The van der Waals surface area contributed by atoms with E-state index in [1.807, 2.05) is 0 Å². The second-order valence-corrected chi connectivity index (χ2v) is 5.99. The van der Waals surface area contributed by atoms with Crippen molar-refractivity contribution in [3.05, 3.63) is 35.1 Å². The molecule has 1 N–H and O–H groups in total. The molecule has 108 valence electrons. The smallest absolute Gasteiger partial charge is 0.338 e. The van der Waals surface area contributed by atoms with Gasteiger partial charge in [0.15, 0.2) is 0 Å². The molecule has 2 aliphatic rings. The predicted octanol–water partition coefficient (Wildman–Crippen LogP) is 3.29. The molecule has 0 amide bonds. The van der Waals surface area contributed by atoms with E-state index in [-0.39, 0.29) is 5.56 Å². The molecule has 0 radical (unpaired) electrons. The van der Waals surface area contributed by atoms with Crippen LogP contribution in [0.4, 0.5) is 4.39 Å². The first-order valence-corrected chi connectivity index (χ1v) is 7.41. The fraction of sp³-hybridized carbons (Fsp3) is 0.562. The number of aromatic carboxylic acids is 1. The number of likely N-dealkylation sites (tertiary alicyclic amines) is 1. The van der Waals surface area contributed by atoms with Crippen LogP contribution in [0.2, 0.25) is 0 Å². The van der Waals surface area contributed by atoms with Crippen LogP contribution < -0.4 is 0 Å². The predicted molar refractivity (Wildman–Crippen MR) is 74.1 cm³/mol. The summed E-state index contributed by atoms with van der Waals surface area (Å²) in [5.41, 5.74) is 0.678. The summed E-state index contributed by atoms with van der Waals surface area (Å²) in [6, 6.07) is 5.10. The molecule has 2 atom stereocenters. The van der Waals surface area contributed by atoms with Crippen LogP contribution in [0.3, 0.4) is 0 Å². The van der Waals surface area contributed by atoms with Gasteiger partial charge in [-0.1, -0.05) is 18.9 Å². The lowest BCUT2D eigenvalue weighted by Crippen LogP contribution is -2.34. The minimum absolute atomic E-state index is 0.220. The Morgan fingerprint density at radius 3 is 2.90 bits per heavy atom. The highest BCUT2D eigenvalue weighted by Crippen LogP contribution is 2.36. The van der Waals surface area contributed by atoms with Crippen molar-refractivity contribution in [2.75, 3.05) is 6.54 Å². The van der Waals surface area contributed by atoms with Gasteiger partial charge in [-0.05, 0) is 49.4 Å². The molecule has 2 unspecified atom stereocenters. The van der Waals surface area contributed by atoms with Crippen LogP contribution in [0.5, 0.6) is 0 Å². The van der Waals surface area contributed by atoms with E-state index in [0.717, 1.165) is 24.6 Å². The molecule has 1 heterocycles. The summed E-state index contributed by atoms with van der Waals surface area (Å²) in [6.45, 7) is 1.82. The SMILES string of the molecule is O=C(O)c1cc(CN2CCC3CCCCC32)ccc1F. The molecule has 1 aromatic carbocycles. The van der Waals surface area contributed by atoms with Gasteiger partial charge >= 0.3 is 5.97 Å². The summed E-state index contributed by atoms with van der Waals surface area (Å²) in [4.78, 5) is 13.4. The Labute approximate surface area is 118 Å². The standard InChI is InChI=1S/C16H20FNO2/c17-14-6-5-11(9-13(14)16(19)20)10-18-8-7-12-3-1-2-4-15(12)18/h5-6,9,12,15H,1-4,7-8,10H2,(H,19,20). The van der Waals surface area contributed by atoms with Crippen LogP contribution >= 0.6 is 0 Å². The molecule has 1 saturated heterocycles. The van der Waals surface area contributed by atoms with Crippen molar-refractivity contribution in [1.29, 1.82) is 0 Å². The first kappa shape index (κ1) is 13.6. The number of nitrogens with zero attached hydrogens (tertiary/aromatic N) is 1. The minimum atomic E-state index is -1.19. The molecule has 1 saturated carbocycles. The van der Waals surface area contributed by atoms with Crippen molar-refractivity contribution in [2.24, 2.45) is 5.92 Å². The second kappa shape index (κ2) is 5.52. The van der Waals surface area contributed by atoms with Crippen molar-refractivity contribution in [2.45, 2.75) is 44.7 Å². The fourth-order valence-corrected chi connectivity index (χ4v) is 3.77. The van der Waals surface area contributed by atoms with Gasteiger partial charge in [-0.15, -0.1) is 0 Å². The van der Waals surface area contributed by atoms with E-state index in [1.54, 1.807) is 6.07 Å². The zero-order chi connectivity index (χ0) is 14.1. The maximum absolute atomic E-state index is 13.4. The zero-order valence-corrected chi connectivity index (χ0v) is 11.5. The molecule has 2 fully saturated rings. The van der Waals surface area contributed by atoms with Crippen LogP contribution in [-0.4, -0.2) is 28.6 Å². The van der Waals surface area contributed by atoms with E-state index < -0.39 is 11.8 Å². The van der Waals surface area contributed by atoms with Crippen LogP contribution in [0.15, 0.2) is 18.2 Å². The van der Waals surface area contributed by atoms with E-state index in [0.29, 0.717) is 6.04 Å². The quantitative estimate of drug-likeness (QED) is 0.921.